The molecule has 1 aromatic carbocycles. The van der Waals surface area contributed by atoms with Crippen LogP contribution in [0.5, 0.6) is 0 Å². The minimum Gasteiger partial charge on any atom is -0.382 e. The molecule has 1 saturated heterocycles. The number of nitrogens with one attached hydrogen (secondary N) is 2. The molecule has 0 amide bonds. The highest BCUT2D eigenvalue weighted by Gasteiger charge is 2.23. The van der Waals surface area contributed by atoms with Crippen molar-refractivity contribution in [3.05, 3.63) is 24.4 Å². The molecular formula is C16H24N4. The van der Waals surface area contributed by atoms with Gasteiger partial charge in [-0.1, -0.05) is 6.92 Å². The van der Waals surface area contributed by atoms with Gasteiger partial charge in [0.15, 0.2) is 0 Å². The van der Waals surface area contributed by atoms with Crippen molar-refractivity contribution in [3.63, 3.8) is 0 Å². The first kappa shape index (κ1) is 13.4. The number of hydrogen-bond acceptors (Lipinski definition) is 3. The highest BCUT2D eigenvalue weighted by molar-refractivity contribution is 5.81. The lowest BCUT2D eigenvalue weighted by Crippen LogP contribution is -2.41. The van der Waals surface area contributed by atoms with E-state index >= 15 is 0 Å². The molecular weight excluding hydrogens is 248 g/mol. The molecule has 4 nitrogen and oxygen atoms in total. The number of piperidine rings is 1. The Morgan fingerprint density at radius 1 is 1.50 bits per heavy atom. The Hall–Kier alpha value is -1.55. The predicted octanol–water partition coefficient (Wildman–Crippen LogP) is 3.10. The summed E-state index contributed by atoms with van der Waals surface area (Å²) in [6, 6.07) is 6.91. The van der Waals surface area contributed by atoms with Crippen LogP contribution in [0.25, 0.3) is 10.9 Å². The van der Waals surface area contributed by atoms with Gasteiger partial charge >= 0.3 is 0 Å². The second kappa shape index (κ2) is 5.83. The number of H-pyrrole nitrogens is 1. The van der Waals surface area contributed by atoms with Crippen molar-refractivity contribution in [3.8, 4) is 0 Å². The topological polar surface area (TPSA) is 44.0 Å². The van der Waals surface area contributed by atoms with Gasteiger partial charge in [-0.15, -0.1) is 0 Å². The standard InChI is InChI=1S/C16H24N4/c1-3-20-8-4-5-13(11-20)12(2)18-15-6-7-16-14(9-15)10-17-19-16/h6-7,9-10,12-13,18H,3-5,8,11H2,1-2H3,(H,17,19). The van der Waals surface area contributed by atoms with Crippen LogP contribution >= 0.6 is 0 Å². The van der Waals surface area contributed by atoms with Crippen molar-refractivity contribution >= 4 is 16.6 Å². The van der Waals surface area contributed by atoms with Gasteiger partial charge in [0.05, 0.1) is 11.7 Å². The molecule has 2 atom stereocenters. The van der Waals surface area contributed by atoms with Crippen LogP contribution in [0.4, 0.5) is 5.69 Å². The van der Waals surface area contributed by atoms with Gasteiger partial charge in [-0.3, -0.25) is 5.10 Å². The summed E-state index contributed by atoms with van der Waals surface area (Å²) in [6.45, 7) is 8.22. The summed E-state index contributed by atoms with van der Waals surface area (Å²) in [5.41, 5.74) is 2.29. The van der Waals surface area contributed by atoms with Crippen LogP contribution in [-0.2, 0) is 0 Å². The van der Waals surface area contributed by atoms with Gasteiger partial charge in [-0.05, 0) is 57.0 Å². The van der Waals surface area contributed by atoms with Crippen molar-refractivity contribution in [2.45, 2.75) is 32.7 Å². The molecule has 1 aliphatic rings. The Kier molecular flexibility index (Phi) is 3.92. The number of aromatic amines is 1. The summed E-state index contributed by atoms with van der Waals surface area (Å²) >= 11 is 0. The average molecular weight is 272 g/mol. The first-order chi connectivity index (χ1) is 9.76. The van der Waals surface area contributed by atoms with Crippen molar-refractivity contribution in [1.29, 1.82) is 0 Å². The zero-order valence-corrected chi connectivity index (χ0v) is 12.4. The SMILES string of the molecule is CCN1CCCC(C(C)Nc2ccc3[nH]ncc3c2)C1. The van der Waals surface area contributed by atoms with E-state index in [-0.39, 0.29) is 0 Å². The second-order valence-corrected chi connectivity index (χ2v) is 5.90. The molecule has 4 heteroatoms. The number of hydrogen-bond donors (Lipinski definition) is 2. The van der Waals surface area contributed by atoms with Gasteiger partial charge in [0.25, 0.3) is 0 Å². The Bertz CT molecular complexity index is 562. The summed E-state index contributed by atoms with van der Waals surface area (Å²) in [5, 5.41) is 11.9. The lowest BCUT2D eigenvalue weighted by molar-refractivity contribution is 0.172. The molecule has 2 N–H and O–H groups in total. The second-order valence-electron chi connectivity index (χ2n) is 5.90. The van der Waals surface area contributed by atoms with E-state index < -0.39 is 0 Å². The molecule has 3 rings (SSSR count). The molecule has 0 saturated carbocycles. The van der Waals surface area contributed by atoms with E-state index in [2.05, 4.69) is 52.5 Å². The van der Waals surface area contributed by atoms with Gasteiger partial charge < -0.3 is 10.2 Å². The quantitative estimate of drug-likeness (QED) is 0.899. The number of fused-ring (bicyclic) bond motifs is 1. The third kappa shape index (κ3) is 2.80. The first-order valence-electron chi connectivity index (χ1n) is 7.68. The summed E-state index contributed by atoms with van der Waals surface area (Å²) in [5.74, 6) is 0.740. The van der Waals surface area contributed by atoms with E-state index in [0.29, 0.717) is 6.04 Å². The molecule has 2 unspecified atom stereocenters. The van der Waals surface area contributed by atoms with Crippen LogP contribution in [-0.4, -0.2) is 40.8 Å². The smallest absolute Gasteiger partial charge is 0.0651 e. The van der Waals surface area contributed by atoms with E-state index in [1.54, 1.807) is 0 Å². The van der Waals surface area contributed by atoms with Crippen molar-refractivity contribution in [1.82, 2.24) is 15.1 Å². The summed E-state index contributed by atoms with van der Waals surface area (Å²) in [7, 11) is 0. The number of benzene rings is 1. The zero-order chi connectivity index (χ0) is 13.9. The summed E-state index contributed by atoms with van der Waals surface area (Å²) in [6.07, 6.45) is 4.54. The van der Waals surface area contributed by atoms with Crippen molar-refractivity contribution in [2.75, 3.05) is 25.0 Å². The molecule has 1 aliphatic heterocycles. The molecule has 0 aliphatic carbocycles. The number of nitrogens with zero attached hydrogens (tertiary/aromatic N) is 2. The molecule has 0 spiro atoms. The number of likely N-dealkylation sites (tertiary alicyclic amines) is 1. The molecule has 0 radical (unpaired) electrons. The minimum absolute atomic E-state index is 0.508. The van der Waals surface area contributed by atoms with Gasteiger partial charge in [0.2, 0.25) is 0 Å². The van der Waals surface area contributed by atoms with E-state index in [0.717, 1.165) is 11.4 Å². The maximum Gasteiger partial charge on any atom is 0.0651 e. The Morgan fingerprint density at radius 2 is 2.40 bits per heavy atom. The first-order valence-corrected chi connectivity index (χ1v) is 7.68. The minimum atomic E-state index is 0.508. The molecule has 108 valence electrons. The Balaban J connectivity index is 1.66. The molecule has 20 heavy (non-hydrogen) atoms. The average Bonchev–Trinajstić information content (AvgIpc) is 2.95. The molecule has 2 heterocycles. The largest absolute Gasteiger partial charge is 0.382 e. The van der Waals surface area contributed by atoms with Crippen LogP contribution in [0.15, 0.2) is 24.4 Å². The molecule has 2 aromatic rings. The van der Waals surface area contributed by atoms with E-state index in [1.165, 1.54) is 43.5 Å². The maximum atomic E-state index is 4.07. The highest BCUT2D eigenvalue weighted by atomic mass is 15.1. The summed E-state index contributed by atoms with van der Waals surface area (Å²) < 4.78 is 0. The Morgan fingerprint density at radius 3 is 3.25 bits per heavy atom. The van der Waals surface area contributed by atoms with E-state index in [4.69, 9.17) is 0 Å². The maximum absolute atomic E-state index is 4.07. The third-order valence-electron chi connectivity index (χ3n) is 4.53. The monoisotopic (exact) mass is 272 g/mol. The van der Waals surface area contributed by atoms with E-state index in [9.17, 15) is 0 Å². The van der Waals surface area contributed by atoms with Crippen LogP contribution in [0.1, 0.15) is 26.7 Å². The van der Waals surface area contributed by atoms with Crippen molar-refractivity contribution < 1.29 is 0 Å². The van der Waals surface area contributed by atoms with E-state index in [1.807, 2.05) is 6.20 Å². The number of rotatable bonds is 4. The fourth-order valence-corrected chi connectivity index (χ4v) is 3.20. The fourth-order valence-electron chi connectivity index (χ4n) is 3.20. The van der Waals surface area contributed by atoms with Gasteiger partial charge in [0.1, 0.15) is 0 Å². The fraction of sp³-hybridized carbons (Fsp3) is 0.562. The van der Waals surface area contributed by atoms with Crippen LogP contribution in [0.2, 0.25) is 0 Å². The Labute approximate surface area is 120 Å². The van der Waals surface area contributed by atoms with Gasteiger partial charge in [-0.25, -0.2) is 0 Å². The van der Waals surface area contributed by atoms with Gasteiger partial charge in [0, 0.05) is 23.7 Å². The molecule has 1 fully saturated rings. The van der Waals surface area contributed by atoms with Crippen LogP contribution in [0, 0.1) is 5.92 Å². The molecule has 1 aromatic heterocycles. The highest BCUT2D eigenvalue weighted by Crippen LogP contribution is 2.23. The normalized spacial score (nSPS) is 22.0. The number of aromatic nitrogens is 2. The van der Waals surface area contributed by atoms with Crippen LogP contribution < -0.4 is 5.32 Å². The van der Waals surface area contributed by atoms with Gasteiger partial charge in [-0.2, -0.15) is 5.10 Å². The lowest BCUT2D eigenvalue weighted by Gasteiger charge is -2.35. The third-order valence-corrected chi connectivity index (χ3v) is 4.53. The van der Waals surface area contributed by atoms with Crippen LogP contribution in [0.3, 0.4) is 0 Å². The van der Waals surface area contributed by atoms with Crippen molar-refractivity contribution in [2.24, 2.45) is 5.92 Å². The summed E-state index contributed by atoms with van der Waals surface area (Å²) in [4.78, 5) is 2.56. The predicted molar refractivity (Wildman–Crippen MR) is 84.0 cm³/mol. The lowest BCUT2D eigenvalue weighted by atomic mass is 9.91. The zero-order valence-electron chi connectivity index (χ0n) is 12.4. The number of anilines is 1. The molecule has 0 bridgehead atoms.